The molecule has 0 aliphatic rings. The van der Waals surface area contributed by atoms with Gasteiger partial charge in [0.2, 0.25) is 0 Å². The van der Waals surface area contributed by atoms with E-state index in [0.717, 1.165) is 17.1 Å². The Bertz CT molecular complexity index is 331. The van der Waals surface area contributed by atoms with Gasteiger partial charge in [0.1, 0.15) is 0 Å². The van der Waals surface area contributed by atoms with Crippen LogP contribution in [-0.4, -0.2) is 16.8 Å². The standard InChI is InChI=1S/C12H22ClN3/c1-8(2)6-11(14-5)12-10(13)7-15-16(12)9(3)4/h7-9,11,14H,6H2,1-5H3. The summed E-state index contributed by atoms with van der Waals surface area (Å²) in [6, 6.07) is 0.614. The summed E-state index contributed by atoms with van der Waals surface area (Å²) in [5, 5.41) is 8.42. The van der Waals surface area contributed by atoms with E-state index >= 15 is 0 Å². The predicted octanol–water partition coefficient (Wildman–Crippen LogP) is 3.42. The monoisotopic (exact) mass is 243 g/mol. The molecule has 1 atom stereocenters. The smallest absolute Gasteiger partial charge is 0.0834 e. The average Bonchev–Trinajstić information content (AvgIpc) is 2.56. The van der Waals surface area contributed by atoms with Crippen molar-refractivity contribution in [2.24, 2.45) is 5.92 Å². The molecule has 0 aliphatic heterocycles. The highest BCUT2D eigenvalue weighted by atomic mass is 35.5. The first kappa shape index (κ1) is 13.5. The number of nitrogens with zero attached hydrogens (tertiary/aromatic N) is 2. The second-order valence-corrected chi connectivity index (χ2v) is 5.29. The number of aromatic nitrogens is 2. The number of rotatable bonds is 5. The lowest BCUT2D eigenvalue weighted by atomic mass is 10.0. The highest BCUT2D eigenvalue weighted by Gasteiger charge is 2.21. The highest BCUT2D eigenvalue weighted by Crippen LogP contribution is 2.29. The zero-order valence-electron chi connectivity index (χ0n) is 10.8. The molecule has 1 heterocycles. The third kappa shape index (κ3) is 2.98. The summed E-state index contributed by atoms with van der Waals surface area (Å²) in [6.07, 6.45) is 2.80. The summed E-state index contributed by atoms with van der Waals surface area (Å²) in [6.45, 7) is 8.67. The third-order valence-electron chi connectivity index (χ3n) is 2.66. The summed E-state index contributed by atoms with van der Waals surface area (Å²) in [5.41, 5.74) is 1.10. The molecule has 1 rings (SSSR count). The topological polar surface area (TPSA) is 29.9 Å². The van der Waals surface area contributed by atoms with Gasteiger partial charge in [0.25, 0.3) is 0 Å². The van der Waals surface area contributed by atoms with Crippen molar-refractivity contribution in [3.05, 3.63) is 16.9 Å². The van der Waals surface area contributed by atoms with Gasteiger partial charge >= 0.3 is 0 Å². The fourth-order valence-corrected chi connectivity index (χ4v) is 2.19. The van der Waals surface area contributed by atoms with Gasteiger partial charge in [-0.2, -0.15) is 5.10 Å². The minimum Gasteiger partial charge on any atom is -0.312 e. The Balaban J connectivity index is 3.03. The van der Waals surface area contributed by atoms with E-state index < -0.39 is 0 Å². The molecule has 1 N–H and O–H groups in total. The van der Waals surface area contributed by atoms with Crippen LogP contribution < -0.4 is 5.32 Å². The van der Waals surface area contributed by atoms with E-state index in [4.69, 9.17) is 11.6 Å². The number of halogens is 1. The van der Waals surface area contributed by atoms with Gasteiger partial charge in [-0.15, -0.1) is 0 Å². The van der Waals surface area contributed by atoms with Crippen molar-refractivity contribution in [1.29, 1.82) is 0 Å². The molecule has 0 radical (unpaired) electrons. The molecule has 0 fully saturated rings. The van der Waals surface area contributed by atoms with Crippen LogP contribution in [0.1, 0.15) is 51.9 Å². The van der Waals surface area contributed by atoms with Gasteiger partial charge < -0.3 is 5.32 Å². The zero-order chi connectivity index (χ0) is 12.3. The quantitative estimate of drug-likeness (QED) is 0.859. The molecule has 1 unspecified atom stereocenters. The summed E-state index contributed by atoms with van der Waals surface area (Å²) in [7, 11) is 1.97. The molecule has 1 aromatic rings. The average molecular weight is 244 g/mol. The molecule has 16 heavy (non-hydrogen) atoms. The van der Waals surface area contributed by atoms with Crippen LogP contribution in [0.25, 0.3) is 0 Å². The van der Waals surface area contributed by atoms with E-state index in [0.29, 0.717) is 12.0 Å². The Morgan fingerprint density at radius 2 is 2.00 bits per heavy atom. The maximum atomic E-state index is 6.22. The number of hydrogen-bond acceptors (Lipinski definition) is 2. The molecular formula is C12H22ClN3. The Labute approximate surface area is 103 Å². The fourth-order valence-electron chi connectivity index (χ4n) is 1.93. The number of hydrogen-bond donors (Lipinski definition) is 1. The molecule has 0 aliphatic carbocycles. The second-order valence-electron chi connectivity index (χ2n) is 4.89. The Hall–Kier alpha value is -0.540. The molecular weight excluding hydrogens is 222 g/mol. The summed E-state index contributed by atoms with van der Waals surface area (Å²) in [4.78, 5) is 0. The highest BCUT2D eigenvalue weighted by molar-refractivity contribution is 6.31. The van der Waals surface area contributed by atoms with Crippen LogP contribution in [0.4, 0.5) is 0 Å². The van der Waals surface area contributed by atoms with Crippen molar-refractivity contribution in [2.75, 3.05) is 7.05 Å². The van der Waals surface area contributed by atoms with Gasteiger partial charge in [-0.1, -0.05) is 25.4 Å². The maximum Gasteiger partial charge on any atom is 0.0834 e. The summed E-state index contributed by atoms with van der Waals surface area (Å²) in [5.74, 6) is 0.629. The molecule has 0 bridgehead atoms. The van der Waals surface area contributed by atoms with Gasteiger partial charge in [-0.3, -0.25) is 4.68 Å². The zero-order valence-corrected chi connectivity index (χ0v) is 11.5. The van der Waals surface area contributed by atoms with Crippen LogP contribution in [0.3, 0.4) is 0 Å². The van der Waals surface area contributed by atoms with Crippen molar-refractivity contribution >= 4 is 11.6 Å². The van der Waals surface area contributed by atoms with Crippen LogP contribution in [0, 0.1) is 5.92 Å². The van der Waals surface area contributed by atoms with Crippen LogP contribution in [-0.2, 0) is 0 Å². The van der Waals surface area contributed by atoms with Crippen LogP contribution in [0.15, 0.2) is 6.20 Å². The predicted molar refractivity (Wildman–Crippen MR) is 68.9 cm³/mol. The molecule has 0 saturated carbocycles. The fraction of sp³-hybridized carbons (Fsp3) is 0.750. The second kappa shape index (κ2) is 5.69. The van der Waals surface area contributed by atoms with E-state index in [1.807, 2.05) is 11.7 Å². The Morgan fingerprint density at radius 3 is 2.44 bits per heavy atom. The maximum absolute atomic E-state index is 6.22. The lowest BCUT2D eigenvalue weighted by Gasteiger charge is -2.22. The minimum absolute atomic E-state index is 0.275. The van der Waals surface area contributed by atoms with Crippen molar-refractivity contribution in [2.45, 2.75) is 46.2 Å². The van der Waals surface area contributed by atoms with Gasteiger partial charge in [-0.25, -0.2) is 0 Å². The van der Waals surface area contributed by atoms with Gasteiger partial charge in [0, 0.05) is 6.04 Å². The molecule has 92 valence electrons. The molecule has 1 aromatic heterocycles. The third-order valence-corrected chi connectivity index (χ3v) is 2.95. The lowest BCUT2D eigenvalue weighted by Crippen LogP contribution is -2.23. The van der Waals surface area contributed by atoms with Crippen molar-refractivity contribution in [1.82, 2.24) is 15.1 Å². The lowest BCUT2D eigenvalue weighted by molar-refractivity contribution is 0.407. The van der Waals surface area contributed by atoms with Crippen molar-refractivity contribution < 1.29 is 0 Å². The largest absolute Gasteiger partial charge is 0.312 e. The first-order chi connectivity index (χ1) is 7.47. The van der Waals surface area contributed by atoms with Crippen molar-refractivity contribution in [3.8, 4) is 0 Å². The molecule has 0 spiro atoms. The van der Waals surface area contributed by atoms with Crippen LogP contribution in [0.5, 0.6) is 0 Å². The molecule has 0 amide bonds. The Kier molecular flexibility index (Phi) is 4.81. The summed E-state index contributed by atoms with van der Waals surface area (Å²) < 4.78 is 2.01. The summed E-state index contributed by atoms with van der Waals surface area (Å²) >= 11 is 6.22. The SMILES string of the molecule is CNC(CC(C)C)c1c(Cl)cnn1C(C)C. The Morgan fingerprint density at radius 1 is 1.38 bits per heavy atom. The van der Waals surface area contributed by atoms with Gasteiger partial charge in [0.05, 0.1) is 23.0 Å². The van der Waals surface area contributed by atoms with Crippen molar-refractivity contribution in [3.63, 3.8) is 0 Å². The van der Waals surface area contributed by atoms with E-state index in [2.05, 4.69) is 38.1 Å². The first-order valence-electron chi connectivity index (χ1n) is 5.87. The van der Waals surface area contributed by atoms with E-state index in [-0.39, 0.29) is 6.04 Å². The van der Waals surface area contributed by atoms with E-state index in [1.165, 1.54) is 0 Å². The number of nitrogens with one attached hydrogen (secondary N) is 1. The van der Waals surface area contributed by atoms with Crippen LogP contribution >= 0.6 is 11.6 Å². The van der Waals surface area contributed by atoms with Crippen LogP contribution in [0.2, 0.25) is 5.02 Å². The minimum atomic E-state index is 0.275. The molecule has 4 heteroatoms. The van der Waals surface area contributed by atoms with E-state index in [9.17, 15) is 0 Å². The van der Waals surface area contributed by atoms with E-state index in [1.54, 1.807) is 6.20 Å². The normalized spacial score (nSPS) is 13.8. The molecule has 0 aromatic carbocycles. The molecule has 0 saturated heterocycles. The van der Waals surface area contributed by atoms with Gasteiger partial charge in [0.15, 0.2) is 0 Å². The first-order valence-corrected chi connectivity index (χ1v) is 6.25. The van der Waals surface area contributed by atoms with Gasteiger partial charge in [-0.05, 0) is 33.2 Å². The molecule has 3 nitrogen and oxygen atoms in total.